The molecule has 1 fully saturated rings. The second-order valence-corrected chi connectivity index (χ2v) is 7.28. The van der Waals surface area contributed by atoms with Crippen molar-refractivity contribution >= 4 is 27.4 Å². The van der Waals surface area contributed by atoms with Crippen molar-refractivity contribution in [2.45, 2.75) is 19.8 Å². The number of piperidine rings is 1. The van der Waals surface area contributed by atoms with Gasteiger partial charge >= 0.3 is 0 Å². The lowest BCUT2D eigenvalue weighted by molar-refractivity contribution is 0.208. The molecule has 24 heavy (non-hydrogen) atoms. The molecule has 1 N–H and O–H groups in total. The van der Waals surface area contributed by atoms with E-state index in [0.717, 1.165) is 47.8 Å². The second-order valence-electron chi connectivity index (χ2n) is 6.43. The molecular weight excluding hydrogens is 318 g/mol. The van der Waals surface area contributed by atoms with Gasteiger partial charge in [-0.3, -0.25) is 0 Å². The van der Waals surface area contributed by atoms with Crippen LogP contribution in [-0.2, 0) is 0 Å². The van der Waals surface area contributed by atoms with E-state index in [-0.39, 0.29) is 6.61 Å². The lowest BCUT2D eigenvalue weighted by Gasteiger charge is -2.33. The average Bonchev–Trinajstić information content (AvgIpc) is 3.05. The Labute approximate surface area is 145 Å². The van der Waals surface area contributed by atoms with Crippen LogP contribution in [-0.4, -0.2) is 34.8 Å². The molecule has 2 aromatic heterocycles. The molecule has 124 valence electrons. The molecule has 0 unspecified atom stereocenters. The van der Waals surface area contributed by atoms with Crippen molar-refractivity contribution in [2.75, 3.05) is 24.6 Å². The summed E-state index contributed by atoms with van der Waals surface area (Å²) in [6, 6.07) is 10.4. The highest BCUT2D eigenvalue weighted by atomic mass is 32.1. The molecule has 4 rings (SSSR count). The van der Waals surface area contributed by atoms with Crippen molar-refractivity contribution in [2.24, 2.45) is 5.92 Å². The molecular formula is C19H21N3OS. The molecule has 0 bridgehead atoms. The fourth-order valence-corrected chi connectivity index (χ4v) is 4.48. The van der Waals surface area contributed by atoms with Gasteiger partial charge in [0.25, 0.3) is 0 Å². The van der Waals surface area contributed by atoms with Gasteiger partial charge in [-0.1, -0.05) is 30.3 Å². The highest BCUT2D eigenvalue weighted by Gasteiger charge is 2.24. The number of thiophene rings is 1. The maximum atomic E-state index is 9.56. The van der Waals surface area contributed by atoms with E-state index in [0.29, 0.717) is 5.92 Å². The van der Waals surface area contributed by atoms with Crippen molar-refractivity contribution in [3.63, 3.8) is 0 Å². The summed E-state index contributed by atoms with van der Waals surface area (Å²) >= 11 is 1.68. The third-order valence-corrected chi connectivity index (χ3v) is 5.56. The first-order valence-corrected chi connectivity index (χ1v) is 9.31. The van der Waals surface area contributed by atoms with Gasteiger partial charge in [0.15, 0.2) is 0 Å². The van der Waals surface area contributed by atoms with Crippen LogP contribution in [0.4, 0.5) is 5.82 Å². The molecule has 3 heterocycles. The minimum Gasteiger partial charge on any atom is -0.396 e. The number of benzene rings is 1. The summed E-state index contributed by atoms with van der Waals surface area (Å²) in [5, 5.41) is 12.9. The van der Waals surface area contributed by atoms with E-state index in [1.165, 1.54) is 11.1 Å². The third kappa shape index (κ3) is 2.78. The van der Waals surface area contributed by atoms with Gasteiger partial charge in [0.2, 0.25) is 0 Å². The fraction of sp³-hybridized carbons (Fsp3) is 0.368. The van der Waals surface area contributed by atoms with Crippen LogP contribution in [0.3, 0.4) is 0 Å². The first-order valence-electron chi connectivity index (χ1n) is 8.43. The highest BCUT2D eigenvalue weighted by Crippen LogP contribution is 2.39. The zero-order valence-electron chi connectivity index (χ0n) is 13.8. The van der Waals surface area contributed by atoms with Gasteiger partial charge in [0.1, 0.15) is 16.5 Å². The lowest BCUT2D eigenvalue weighted by Crippen LogP contribution is -2.37. The number of hydrogen-bond donors (Lipinski definition) is 1. The second kappa shape index (κ2) is 6.49. The standard InChI is InChI=1S/C19H21N3OS/c1-13-20-18(22-9-5-6-14(10-22)11-23)17-16(12-24-19(17)21-13)15-7-3-2-4-8-15/h2-4,7-8,12,14,23H,5-6,9-11H2,1H3/t14-/m0/s1. The fourth-order valence-electron chi connectivity index (χ4n) is 3.49. The molecule has 0 spiro atoms. The van der Waals surface area contributed by atoms with Crippen molar-refractivity contribution in [3.05, 3.63) is 41.5 Å². The summed E-state index contributed by atoms with van der Waals surface area (Å²) in [4.78, 5) is 12.8. The van der Waals surface area contributed by atoms with E-state index >= 15 is 0 Å². The van der Waals surface area contributed by atoms with E-state index in [9.17, 15) is 5.11 Å². The average molecular weight is 339 g/mol. The smallest absolute Gasteiger partial charge is 0.141 e. The molecule has 0 aliphatic carbocycles. The number of anilines is 1. The van der Waals surface area contributed by atoms with Gasteiger partial charge in [-0.05, 0) is 31.2 Å². The van der Waals surface area contributed by atoms with Crippen LogP contribution in [0.5, 0.6) is 0 Å². The van der Waals surface area contributed by atoms with Crippen LogP contribution in [0, 0.1) is 12.8 Å². The Morgan fingerprint density at radius 3 is 2.88 bits per heavy atom. The maximum Gasteiger partial charge on any atom is 0.141 e. The van der Waals surface area contributed by atoms with Gasteiger partial charge in [-0.15, -0.1) is 11.3 Å². The number of nitrogens with zero attached hydrogens (tertiary/aromatic N) is 3. The quantitative estimate of drug-likeness (QED) is 0.787. The Balaban J connectivity index is 1.86. The molecule has 5 heteroatoms. The van der Waals surface area contributed by atoms with Gasteiger partial charge in [-0.25, -0.2) is 9.97 Å². The van der Waals surface area contributed by atoms with Gasteiger partial charge in [0, 0.05) is 30.6 Å². The minimum absolute atomic E-state index is 0.249. The summed E-state index contributed by atoms with van der Waals surface area (Å²) in [6.45, 7) is 4.06. The van der Waals surface area contributed by atoms with Crippen molar-refractivity contribution in [1.82, 2.24) is 9.97 Å². The van der Waals surface area contributed by atoms with Crippen LogP contribution in [0.1, 0.15) is 18.7 Å². The maximum absolute atomic E-state index is 9.56. The van der Waals surface area contributed by atoms with Gasteiger partial charge in [-0.2, -0.15) is 0 Å². The van der Waals surface area contributed by atoms with E-state index in [1.54, 1.807) is 11.3 Å². The summed E-state index contributed by atoms with van der Waals surface area (Å²) < 4.78 is 0. The highest BCUT2D eigenvalue weighted by molar-refractivity contribution is 7.17. The van der Waals surface area contributed by atoms with Crippen molar-refractivity contribution < 1.29 is 5.11 Å². The molecule has 0 saturated carbocycles. The Morgan fingerprint density at radius 2 is 2.08 bits per heavy atom. The van der Waals surface area contributed by atoms with Crippen LogP contribution in [0.25, 0.3) is 21.3 Å². The zero-order valence-corrected chi connectivity index (χ0v) is 14.6. The molecule has 3 aromatic rings. The first-order chi connectivity index (χ1) is 11.8. The largest absolute Gasteiger partial charge is 0.396 e. The SMILES string of the molecule is Cc1nc(N2CCC[C@H](CO)C2)c2c(-c3ccccc3)csc2n1. The summed E-state index contributed by atoms with van der Waals surface area (Å²) in [6.07, 6.45) is 2.19. The zero-order chi connectivity index (χ0) is 16.5. The van der Waals surface area contributed by atoms with E-state index in [1.807, 2.05) is 13.0 Å². The van der Waals surface area contributed by atoms with E-state index in [4.69, 9.17) is 4.98 Å². The van der Waals surface area contributed by atoms with Crippen LogP contribution in [0.15, 0.2) is 35.7 Å². The Hall–Kier alpha value is -1.98. The molecule has 0 amide bonds. The summed E-state index contributed by atoms with van der Waals surface area (Å²) in [5.41, 5.74) is 2.41. The predicted molar refractivity (Wildman–Crippen MR) is 99.6 cm³/mol. The van der Waals surface area contributed by atoms with Crippen LogP contribution in [0.2, 0.25) is 0 Å². The number of rotatable bonds is 3. The normalized spacial score (nSPS) is 18.2. The van der Waals surface area contributed by atoms with Crippen molar-refractivity contribution in [3.8, 4) is 11.1 Å². The predicted octanol–water partition coefficient (Wildman–Crippen LogP) is 3.88. The van der Waals surface area contributed by atoms with E-state index < -0.39 is 0 Å². The molecule has 1 aliphatic rings. The number of aliphatic hydroxyl groups is 1. The molecule has 0 radical (unpaired) electrons. The minimum atomic E-state index is 0.249. The van der Waals surface area contributed by atoms with Gasteiger partial charge in [0.05, 0.1) is 5.39 Å². The van der Waals surface area contributed by atoms with Crippen LogP contribution >= 0.6 is 11.3 Å². The molecule has 1 atom stereocenters. The number of aromatic nitrogens is 2. The lowest BCUT2D eigenvalue weighted by atomic mass is 9.98. The number of aliphatic hydroxyl groups excluding tert-OH is 1. The molecule has 4 nitrogen and oxygen atoms in total. The van der Waals surface area contributed by atoms with Gasteiger partial charge < -0.3 is 10.0 Å². The summed E-state index contributed by atoms with van der Waals surface area (Å²) in [7, 11) is 0. The summed E-state index contributed by atoms with van der Waals surface area (Å²) in [5.74, 6) is 2.17. The number of hydrogen-bond acceptors (Lipinski definition) is 5. The van der Waals surface area contributed by atoms with Crippen molar-refractivity contribution in [1.29, 1.82) is 0 Å². The Kier molecular flexibility index (Phi) is 4.21. The Bertz CT molecular complexity index is 846. The topological polar surface area (TPSA) is 49.2 Å². The molecule has 1 saturated heterocycles. The number of fused-ring (bicyclic) bond motifs is 1. The number of aryl methyl sites for hydroxylation is 1. The molecule has 1 aromatic carbocycles. The third-order valence-electron chi connectivity index (χ3n) is 4.69. The molecule has 1 aliphatic heterocycles. The van der Waals surface area contributed by atoms with Crippen LogP contribution < -0.4 is 4.90 Å². The van der Waals surface area contributed by atoms with E-state index in [2.05, 4.69) is 39.5 Å². The Morgan fingerprint density at radius 1 is 1.25 bits per heavy atom. The monoisotopic (exact) mass is 339 g/mol. The first kappa shape index (κ1) is 15.5.